The molecule has 2 aliphatic rings. The van der Waals surface area contributed by atoms with E-state index in [2.05, 4.69) is 11.9 Å². The first-order valence-corrected chi connectivity index (χ1v) is 11.0. The summed E-state index contributed by atoms with van der Waals surface area (Å²) in [6, 6.07) is 7.23. The molecule has 1 aromatic rings. The van der Waals surface area contributed by atoms with E-state index in [9.17, 15) is 14.4 Å². The van der Waals surface area contributed by atoms with Gasteiger partial charge in [0, 0.05) is 31.9 Å². The summed E-state index contributed by atoms with van der Waals surface area (Å²) >= 11 is 0. The number of hydrogen-bond donors (Lipinski definition) is 1. The number of rotatable bonds is 4. The summed E-state index contributed by atoms with van der Waals surface area (Å²) in [6.45, 7) is 11.7. The summed E-state index contributed by atoms with van der Waals surface area (Å²) in [5, 5.41) is 2.69. The van der Waals surface area contributed by atoms with Crippen molar-refractivity contribution in [3.63, 3.8) is 0 Å². The van der Waals surface area contributed by atoms with E-state index in [4.69, 9.17) is 9.47 Å². The van der Waals surface area contributed by atoms with E-state index in [0.717, 1.165) is 5.56 Å². The molecule has 0 aliphatic carbocycles. The molecule has 2 saturated heterocycles. The number of carbonyl (C=O) groups excluding carboxylic acids is 3. The van der Waals surface area contributed by atoms with Gasteiger partial charge >= 0.3 is 6.09 Å². The number of anilines is 1. The molecule has 32 heavy (non-hydrogen) atoms. The van der Waals surface area contributed by atoms with Crippen LogP contribution in [0.25, 0.3) is 0 Å². The lowest BCUT2D eigenvalue weighted by Crippen LogP contribution is -2.59. The maximum Gasteiger partial charge on any atom is 0.410 e. The number of amides is 3. The molecule has 2 aliphatic heterocycles. The topological polar surface area (TPSA) is 88.2 Å². The van der Waals surface area contributed by atoms with Crippen LogP contribution in [0.1, 0.15) is 39.2 Å². The van der Waals surface area contributed by atoms with Crippen LogP contribution in [0.3, 0.4) is 0 Å². The standard InChI is InChI=1S/C24H33N3O5/c1-5-20(28)25-19-8-6-18(7-9-19)16-21(29)27-14-15-31-24(17-27)10-12-26(13-11-24)22(30)32-23(2,3)4/h5-9H,1,10-17H2,2-4H3,(H,25,28). The first-order valence-electron chi connectivity index (χ1n) is 11.0. The van der Waals surface area contributed by atoms with Crippen molar-refractivity contribution in [2.75, 3.05) is 38.1 Å². The van der Waals surface area contributed by atoms with E-state index in [0.29, 0.717) is 51.3 Å². The van der Waals surface area contributed by atoms with Crippen molar-refractivity contribution in [1.82, 2.24) is 9.80 Å². The van der Waals surface area contributed by atoms with Gasteiger partial charge in [0.05, 0.1) is 18.6 Å². The van der Waals surface area contributed by atoms with Gasteiger partial charge in [-0.3, -0.25) is 9.59 Å². The Morgan fingerprint density at radius 3 is 2.38 bits per heavy atom. The third-order valence-corrected chi connectivity index (χ3v) is 5.69. The first-order chi connectivity index (χ1) is 15.1. The van der Waals surface area contributed by atoms with E-state index in [1.54, 1.807) is 17.0 Å². The Morgan fingerprint density at radius 2 is 1.78 bits per heavy atom. The molecule has 0 unspecified atom stereocenters. The number of piperidine rings is 1. The zero-order chi connectivity index (χ0) is 23.4. The Kier molecular flexibility index (Phi) is 7.23. The Labute approximate surface area is 189 Å². The number of carbonyl (C=O) groups is 3. The van der Waals surface area contributed by atoms with Gasteiger partial charge in [0.25, 0.3) is 0 Å². The van der Waals surface area contributed by atoms with Gasteiger partial charge in [-0.25, -0.2) is 4.79 Å². The summed E-state index contributed by atoms with van der Waals surface area (Å²) in [7, 11) is 0. The molecule has 2 fully saturated rings. The maximum absolute atomic E-state index is 12.9. The second kappa shape index (κ2) is 9.73. The number of benzene rings is 1. The van der Waals surface area contributed by atoms with Crippen LogP contribution >= 0.6 is 0 Å². The monoisotopic (exact) mass is 443 g/mol. The Balaban J connectivity index is 1.53. The number of ether oxygens (including phenoxy) is 2. The molecular weight excluding hydrogens is 410 g/mol. The Morgan fingerprint density at radius 1 is 1.12 bits per heavy atom. The van der Waals surface area contributed by atoms with Crippen LogP contribution in [-0.4, -0.2) is 71.7 Å². The molecule has 1 aromatic carbocycles. The largest absolute Gasteiger partial charge is 0.444 e. The highest BCUT2D eigenvalue weighted by Crippen LogP contribution is 2.31. The quantitative estimate of drug-likeness (QED) is 0.723. The van der Waals surface area contributed by atoms with Crippen LogP contribution in [0, 0.1) is 0 Å². The van der Waals surface area contributed by atoms with Crippen LogP contribution in [-0.2, 0) is 25.5 Å². The lowest BCUT2D eigenvalue weighted by Gasteiger charge is -2.47. The normalized spacial score (nSPS) is 18.2. The molecule has 0 atom stereocenters. The van der Waals surface area contributed by atoms with Gasteiger partial charge in [-0.1, -0.05) is 18.7 Å². The molecule has 8 nitrogen and oxygen atoms in total. The van der Waals surface area contributed by atoms with Crippen molar-refractivity contribution in [2.45, 2.75) is 51.2 Å². The van der Waals surface area contributed by atoms with Gasteiger partial charge in [0.1, 0.15) is 5.60 Å². The molecule has 3 amide bonds. The van der Waals surface area contributed by atoms with Gasteiger partial charge in [-0.15, -0.1) is 0 Å². The second-order valence-corrected chi connectivity index (χ2v) is 9.38. The SMILES string of the molecule is C=CC(=O)Nc1ccc(CC(=O)N2CCOC3(CCN(C(=O)OC(C)(C)C)CC3)C2)cc1. The van der Waals surface area contributed by atoms with Gasteiger partial charge in [0.15, 0.2) is 0 Å². The van der Waals surface area contributed by atoms with Gasteiger partial charge < -0.3 is 24.6 Å². The van der Waals surface area contributed by atoms with Crippen LogP contribution in [0.5, 0.6) is 0 Å². The van der Waals surface area contributed by atoms with E-state index >= 15 is 0 Å². The molecule has 1 spiro atoms. The number of nitrogens with zero attached hydrogens (tertiary/aromatic N) is 2. The highest BCUT2D eigenvalue weighted by Gasteiger charge is 2.42. The molecule has 0 aromatic heterocycles. The van der Waals surface area contributed by atoms with Gasteiger partial charge in [-0.05, 0) is 57.4 Å². The smallest absolute Gasteiger partial charge is 0.410 e. The molecule has 0 radical (unpaired) electrons. The number of nitrogens with one attached hydrogen (secondary N) is 1. The molecular formula is C24H33N3O5. The predicted octanol–water partition coefficient (Wildman–Crippen LogP) is 2.98. The van der Waals surface area contributed by atoms with Crippen molar-refractivity contribution < 1.29 is 23.9 Å². The summed E-state index contributed by atoms with van der Waals surface area (Å²) < 4.78 is 11.6. The van der Waals surface area contributed by atoms with Crippen molar-refractivity contribution in [2.24, 2.45) is 0 Å². The van der Waals surface area contributed by atoms with E-state index in [1.807, 2.05) is 37.8 Å². The summed E-state index contributed by atoms with van der Waals surface area (Å²) in [5.74, 6) is -0.227. The lowest BCUT2D eigenvalue weighted by molar-refractivity contribution is -0.158. The zero-order valence-electron chi connectivity index (χ0n) is 19.2. The Bertz CT molecular complexity index is 851. The number of hydrogen-bond acceptors (Lipinski definition) is 5. The van der Waals surface area contributed by atoms with E-state index in [-0.39, 0.29) is 24.3 Å². The molecule has 2 heterocycles. The minimum Gasteiger partial charge on any atom is -0.444 e. The molecule has 1 N–H and O–H groups in total. The van der Waals surface area contributed by atoms with E-state index in [1.165, 1.54) is 6.08 Å². The highest BCUT2D eigenvalue weighted by atomic mass is 16.6. The average molecular weight is 444 g/mol. The zero-order valence-corrected chi connectivity index (χ0v) is 19.2. The third kappa shape index (κ3) is 6.32. The van der Waals surface area contributed by atoms with Crippen LogP contribution in [0.4, 0.5) is 10.5 Å². The third-order valence-electron chi connectivity index (χ3n) is 5.69. The minimum atomic E-state index is -0.522. The fourth-order valence-corrected chi connectivity index (χ4v) is 3.97. The van der Waals surface area contributed by atoms with Gasteiger partial charge in [0.2, 0.25) is 11.8 Å². The van der Waals surface area contributed by atoms with Crippen LogP contribution < -0.4 is 5.32 Å². The van der Waals surface area contributed by atoms with Crippen molar-refractivity contribution in [1.29, 1.82) is 0 Å². The summed E-state index contributed by atoms with van der Waals surface area (Å²) in [4.78, 5) is 40.2. The van der Waals surface area contributed by atoms with Crippen molar-refractivity contribution in [3.8, 4) is 0 Å². The van der Waals surface area contributed by atoms with Crippen molar-refractivity contribution >= 4 is 23.6 Å². The summed E-state index contributed by atoms with van der Waals surface area (Å²) in [5.41, 5.74) is 0.609. The number of likely N-dealkylation sites (tertiary alicyclic amines) is 1. The fourth-order valence-electron chi connectivity index (χ4n) is 3.97. The average Bonchev–Trinajstić information content (AvgIpc) is 2.74. The molecule has 0 saturated carbocycles. The molecule has 0 bridgehead atoms. The summed E-state index contributed by atoms with van der Waals surface area (Å²) in [6.07, 6.45) is 2.55. The lowest BCUT2D eigenvalue weighted by atomic mass is 9.89. The highest BCUT2D eigenvalue weighted by molar-refractivity contribution is 5.98. The van der Waals surface area contributed by atoms with Crippen LogP contribution in [0.2, 0.25) is 0 Å². The minimum absolute atomic E-state index is 0.0464. The van der Waals surface area contributed by atoms with Crippen molar-refractivity contribution in [3.05, 3.63) is 42.5 Å². The number of morpholine rings is 1. The van der Waals surface area contributed by atoms with Crippen LogP contribution in [0.15, 0.2) is 36.9 Å². The molecule has 174 valence electrons. The molecule has 3 rings (SSSR count). The predicted molar refractivity (Wildman–Crippen MR) is 121 cm³/mol. The second-order valence-electron chi connectivity index (χ2n) is 9.38. The molecule has 8 heteroatoms. The first kappa shape index (κ1) is 23.8. The van der Waals surface area contributed by atoms with Gasteiger partial charge in [-0.2, -0.15) is 0 Å². The van der Waals surface area contributed by atoms with E-state index < -0.39 is 11.2 Å². The maximum atomic E-state index is 12.9. The Hall–Kier alpha value is -2.87. The fraction of sp³-hybridized carbons (Fsp3) is 0.542.